The van der Waals surface area contributed by atoms with Crippen LogP contribution >= 0.6 is 11.8 Å². The van der Waals surface area contributed by atoms with Crippen molar-refractivity contribution in [3.8, 4) is 5.75 Å². The van der Waals surface area contributed by atoms with E-state index in [1.807, 2.05) is 0 Å². The molecule has 1 aromatic heterocycles. The number of ether oxygens (including phenoxy) is 1. The first-order chi connectivity index (χ1) is 15.3. The summed E-state index contributed by atoms with van der Waals surface area (Å²) in [5.74, 6) is 0.0402. The van der Waals surface area contributed by atoms with Gasteiger partial charge >= 0.3 is 6.18 Å². The number of methoxy groups -OCH3 is 1. The number of carbonyl (C=O) groups excluding carboxylic acids is 2. The molecule has 32 heavy (non-hydrogen) atoms. The van der Waals surface area contributed by atoms with E-state index < -0.39 is 23.6 Å². The molecular weight excluding hydrogens is 443 g/mol. The summed E-state index contributed by atoms with van der Waals surface area (Å²) >= 11 is 1.12. The molecule has 0 atom stereocenters. The van der Waals surface area contributed by atoms with Crippen LogP contribution in [0.15, 0.2) is 76.2 Å². The Morgan fingerprint density at radius 2 is 1.69 bits per heavy atom. The van der Waals surface area contributed by atoms with E-state index in [1.54, 1.807) is 36.4 Å². The van der Waals surface area contributed by atoms with Gasteiger partial charge in [-0.2, -0.15) is 13.2 Å². The number of nitrogens with zero attached hydrogens (tertiary/aromatic N) is 1. The molecule has 0 radical (unpaired) electrons. The lowest BCUT2D eigenvalue weighted by Crippen LogP contribution is -2.31. The maximum absolute atomic E-state index is 13.4. The zero-order valence-electron chi connectivity index (χ0n) is 16.7. The maximum Gasteiger partial charge on any atom is 0.416 e. The Morgan fingerprint density at radius 1 is 0.969 bits per heavy atom. The van der Waals surface area contributed by atoms with Crippen molar-refractivity contribution >= 4 is 34.8 Å². The molecule has 1 aliphatic heterocycles. The van der Waals surface area contributed by atoms with Gasteiger partial charge in [-0.1, -0.05) is 18.2 Å². The number of carbonyl (C=O) groups is 2. The van der Waals surface area contributed by atoms with Gasteiger partial charge < -0.3 is 9.15 Å². The number of hydrogen-bond acceptors (Lipinski definition) is 5. The third-order valence-corrected chi connectivity index (χ3v) is 5.91. The van der Waals surface area contributed by atoms with Crippen molar-refractivity contribution < 1.29 is 31.9 Å². The molecule has 1 aliphatic rings. The summed E-state index contributed by atoms with van der Waals surface area (Å²) in [6, 6.07) is 14.1. The number of alkyl halides is 3. The van der Waals surface area contributed by atoms with Gasteiger partial charge in [0.05, 0.1) is 40.9 Å². The van der Waals surface area contributed by atoms with E-state index in [-0.39, 0.29) is 16.2 Å². The topological polar surface area (TPSA) is 59.8 Å². The van der Waals surface area contributed by atoms with Crippen LogP contribution in [0.3, 0.4) is 0 Å². The van der Waals surface area contributed by atoms with Crippen LogP contribution in [-0.4, -0.2) is 18.9 Å². The van der Waals surface area contributed by atoms with E-state index >= 15 is 0 Å². The number of anilines is 1. The second-order valence-corrected chi connectivity index (χ2v) is 7.75. The highest BCUT2D eigenvalue weighted by molar-refractivity contribution is 8.03. The van der Waals surface area contributed by atoms with Crippen LogP contribution in [0.5, 0.6) is 5.75 Å². The molecule has 0 aliphatic carbocycles. The molecule has 0 saturated carbocycles. The number of furan rings is 1. The lowest BCUT2D eigenvalue weighted by Gasteiger charge is -2.16. The van der Waals surface area contributed by atoms with Crippen LogP contribution < -0.4 is 9.64 Å². The van der Waals surface area contributed by atoms with E-state index in [0.29, 0.717) is 22.8 Å². The van der Waals surface area contributed by atoms with Crippen LogP contribution in [0.25, 0.3) is 5.57 Å². The minimum atomic E-state index is -4.53. The minimum absolute atomic E-state index is 0.0500. The molecule has 0 spiro atoms. The van der Waals surface area contributed by atoms with Gasteiger partial charge in [-0.3, -0.25) is 9.59 Å². The smallest absolute Gasteiger partial charge is 0.416 e. The number of amides is 2. The summed E-state index contributed by atoms with van der Waals surface area (Å²) < 4.78 is 49.5. The SMILES string of the molecule is COc1ccccc1C1=C(SCc2ccco2)C(=O)N(c2ccc(C(F)(F)F)cc2)C1=O. The third-order valence-electron chi connectivity index (χ3n) is 4.81. The van der Waals surface area contributed by atoms with E-state index in [9.17, 15) is 22.8 Å². The number of benzene rings is 2. The molecule has 2 amide bonds. The molecule has 0 bridgehead atoms. The maximum atomic E-state index is 13.4. The van der Waals surface area contributed by atoms with Crippen molar-refractivity contribution in [1.29, 1.82) is 0 Å². The van der Waals surface area contributed by atoms with Gasteiger partial charge in [-0.15, -0.1) is 11.8 Å². The molecule has 164 valence electrons. The summed E-state index contributed by atoms with van der Waals surface area (Å²) in [7, 11) is 1.45. The summed E-state index contributed by atoms with van der Waals surface area (Å²) in [5, 5.41) is 0. The molecule has 5 nitrogen and oxygen atoms in total. The molecule has 9 heteroatoms. The molecule has 0 fully saturated rings. The van der Waals surface area contributed by atoms with Crippen LogP contribution in [0.1, 0.15) is 16.9 Å². The number of imide groups is 1. The average molecular weight is 459 g/mol. The van der Waals surface area contributed by atoms with Crippen molar-refractivity contribution in [3.05, 3.63) is 88.7 Å². The fourth-order valence-corrected chi connectivity index (χ4v) is 4.31. The monoisotopic (exact) mass is 459 g/mol. The Hall–Kier alpha value is -3.46. The molecule has 0 N–H and O–H groups in total. The summed E-state index contributed by atoms with van der Waals surface area (Å²) in [5.41, 5.74) is -0.270. The number of para-hydroxylation sites is 1. The Labute approximate surface area is 185 Å². The largest absolute Gasteiger partial charge is 0.496 e. The van der Waals surface area contributed by atoms with E-state index in [4.69, 9.17) is 9.15 Å². The Balaban J connectivity index is 1.75. The van der Waals surface area contributed by atoms with Crippen LogP contribution in [0.4, 0.5) is 18.9 Å². The highest BCUT2D eigenvalue weighted by Crippen LogP contribution is 2.42. The lowest BCUT2D eigenvalue weighted by molar-refractivity contribution is -0.137. The van der Waals surface area contributed by atoms with Crippen LogP contribution in [-0.2, 0) is 21.5 Å². The fourth-order valence-electron chi connectivity index (χ4n) is 3.30. The number of rotatable bonds is 6. The molecule has 2 aromatic carbocycles. The second-order valence-electron chi connectivity index (χ2n) is 6.76. The summed E-state index contributed by atoms with van der Waals surface area (Å²) in [6.45, 7) is 0. The normalized spacial score (nSPS) is 14.4. The molecule has 0 saturated heterocycles. The predicted molar refractivity (Wildman–Crippen MR) is 114 cm³/mol. The molecule has 2 heterocycles. The predicted octanol–water partition coefficient (Wildman–Crippen LogP) is 5.52. The molecule has 0 unspecified atom stereocenters. The molecule has 4 rings (SSSR count). The fraction of sp³-hybridized carbons (Fsp3) is 0.130. The quantitative estimate of drug-likeness (QED) is 0.454. The van der Waals surface area contributed by atoms with Crippen LogP contribution in [0.2, 0.25) is 0 Å². The van der Waals surface area contributed by atoms with E-state index in [2.05, 4.69) is 0 Å². The zero-order chi connectivity index (χ0) is 22.9. The van der Waals surface area contributed by atoms with Gasteiger partial charge in [0, 0.05) is 5.56 Å². The first kappa shape index (κ1) is 21.8. The Kier molecular flexibility index (Phi) is 5.84. The van der Waals surface area contributed by atoms with Gasteiger partial charge in [0.2, 0.25) is 0 Å². The minimum Gasteiger partial charge on any atom is -0.496 e. The van der Waals surface area contributed by atoms with Gasteiger partial charge in [0.15, 0.2) is 0 Å². The van der Waals surface area contributed by atoms with Crippen molar-refractivity contribution in [3.63, 3.8) is 0 Å². The van der Waals surface area contributed by atoms with Gasteiger partial charge in [0.25, 0.3) is 11.8 Å². The number of halogens is 3. The summed E-state index contributed by atoms with van der Waals surface area (Å²) in [6.07, 6.45) is -3.02. The van der Waals surface area contributed by atoms with Crippen LogP contribution in [0, 0.1) is 0 Å². The average Bonchev–Trinajstić information content (AvgIpc) is 3.37. The van der Waals surface area contributed by atoms with Crippen molar-refractivity contribution in [2.45, 2.75) is 11.9 Å². The van der Waals surface area contributed by atoms with Gasteiger partial charge in [0.1, 0.15) is 11.5 Å². The number of thioether (sulfide) groups is 1. The van der Waals surface area contributed by atoms with Gasteiger partial charge in [-0.05, 0) is 42.5 Å². The Bertz CT molecular complexity index is 1180. The third kappa shape index (κ3) is 4.03. The highest BCUT2D eigenvalue weighted by Gasteiger charge is 2.41. The van der Waals surface area contributed by atoms with Crippen molar-refractivity contribution in [1.82, 2.24) is 0 Å². The Morgan fingerprint density at radius 3 is 2.31 bits per heavy atom. The number of hydrogen-bond donors (Lipinski definition) is 0. The summed E-state index contributed by atoms with van der Waals surface area (Å²) in [4.78, 5) is 27.7. The van der Waals surface area contributed by atoms with Crippen molar-refractivity contribution in [2.75, 3.05) is 12.0 Å². The molecular formula is C23H16F3NO4S. The van der Waals surface area contributed by atoms with Crippen molar-refractivity contribution in [2.24, 2.45) is 0 Å². The van der Waals surface area contributed by atoms with Gasteiger partial charge in [-0.25, -0.2) is 4.90 Å². The molecule has 3 aromatic rings. The lowest BCUT2D eigenvalue weighted by atomic mass is 10.0. The first-order valence-corrected chi connectivity index (χ1v) is 10.4. The standard InChI is InChI=1S/C23H16F3NO4S/c1-30-18-7-3-2-6-17(18)19-20(32-13-16-5-4-12-31-16)22(29)27(21(19)28)15-10-8-14(9-11-15)23(24,25)26/h2-12H,13H2,1H3. The highest BCUT2D eigenvalue weighted by atomic mass is 32.2. The first-order valence-electron chi connectivity index (χ1n) is 9.40. The van der Waals surface area contributed by atoms with E-state index in [0.717, 1.165) is 40.9 Å². The second kappa shape index (κ2) is 8.58. The zero-order valence-corrected chi connectivity index (χ0v) is 17.5. The van der Waals surface area contributed by atoms with E-state index in [1.165, 1.54) is 13.4 Å².